The van der Waals surface area contributed by atoms with E-state index in [4.69, 9.17) is 4.52 Å². The molecule has 0 spiro atoms. The van der Waals surface area contributed by atoms with E-state index in [2.05, 4.69) is 12.1 Å². The molecule has 2 aliphatic heterocycles. The number of hydrogen-bond acceptors (Lipinski definition) is 3. The van der Waals surface area contributed by atoms with Gasteiger partial charge in [0, 0.05) is 18.2 Å². The third-order valence-electron chi connectivity index (χ3n) is 2.65. The lowest BCUT2D eigenvalue weighted by molar-refractivity contribution is 0.271. The summed E-state index contributed by atoms with van der Waals surface area (Å²) in [6, 6.07) is 8.22. The molecule has 0 aromatic heterocycles. The molecular formula is C9H10NO2P. The first-order chi connectivity index (χ1) is 6.36. The monoisotopic (exact) mass is 195 g/mol. The normalized spacial score (nSPS) is 30.4. The molecule has 2 heterocycles. The summed E-state index contributed by atoms with van der Waals surface area (Å²) in [5, 5.41) is 0. The van der Waals surface area contributed by atoms with E-state index in [1.54, 1.807) is 0 Å². The standard InChI is InChI=1S/C9H10NO2P/c11-13-10-5-7(6-12-13)8-3-1-2-4-9(8)10/h1-4,7,11H,5-6H2. The number of nitrogens with zero attached hydrogens (tertiary/aromatic N) is 1. The average molecular weight is 195 g/mol. The van der Waals surface area contributed by atoms with Crippen molar-refractivity contribution in [3.63, 3.8) is 0 Å². The Morgan fingerprint density at radius 1 is 1.46 bits per heavy atom. The van der Waals surface area contributed by atoms with E-state index in [-0.39, 0.29) is 0 Å². The highest BCUT2D eigenvalue weighted by molar-refractivity contribution is 7.48. The minimum Gasteiger partial charge on any atom is -0.333 e. The Morgan fingerprint density at radius 3 is 3.23 bits per heavy atom. The molecule has 2 bridgehead atoms. The zero-order valence-corrected chi connectivity index (χ0v) is 7.95. The zero-order chi connectivity index (χ0) is 8.84. The molecule has 2 unspecified atom stereocenters. The van der Waals surface area contributed by atoms with Crippen LogP contribution in [-0.2, 0) is 4.52 Å². The van der Waals surface area contributed by atoms with Crippen LogP contribution in [0.2, 0.25) is 0 Å². The number of fused-ring (bicyclic) bond motifs is 5. The van der Waals surface area contributed by atoms with Crippen LogP contribution in [0.4, 0.5) is 5.69 Å². The zero-order valence-electron chi connectivity index (χ0n) is 7.05. The van der Waals surface area contributed by atoms with E-state index >= 15 is 0 Å². The molecule has 1 N–H and O–H groups in total. The molecule has 0 aliphatic carbocycles. The van der Waals surface area contributed by atoms with Gasteiger partial charge in [-0.2, -0.15) is 0 Å². The summed E-state index contributed by atoms with van der Waals surface area (Å²) >= 11 is 0. The smallest absolute Gasteiger partial charge is 0.287 e. The van der Waals surface area contributed by atoms with Crippen molar-refractivity contribution in [3.8, 4) is 0 Å². The first kappa shape index (κ1) is 7.74. The molecule has 1 fully saturated rings. The van der Waals surface area contributed by atoms with Crippen LogP contribution < -0.4 is 4.67 Å². The van der Waals surface area contributed by atoms with Gasteiger partial charge in [-0.3, -0.25) is 0 Å². The molecule has 68 valence electrons. The molecule has 0 radical (unpaired) electrons. The summed E-state index contributed by atoms with van der Waals surface area (Å²) < 4.78 is 7.26. The third-order valence-corrected chi connectivity index (χ3v) is 3.82. The minimum absolute atomic E-state index is 0.460. The Morgan fingerprint density at radius 2 is 2.31 bits per heavy atom. The Balaban J connectivity index is 2.13. The highest BCUT2D eigenvalue weighted by atomic mass is 31.2. The van der Waals surface area contributed by atoms with Gasteiger partial charge in [-0.15, -0.1) is 0 Å². The predicted octanol–water partition coefficient (Wildman–Crippen LogP) is 1.84. The largest absolute Gasteiger partial charge is 0.333 e. The average Bonchev–Trinajstić information content (AvgIpc) is 2.48. The van der Waals surface area contributed by atoms with Gasteiger partial charge in [-0.1, -0.05) is 18.2 Å². The van der Waals surface area contributed by atoms with Gasteiger partial charge >= 0.3 is 0 Å². The van der Waals surface area contributed by atoms with Gasteiger partial charge < -0.3 is 14.1 Å². The number of rotatable bonds is 0. The van der Waals surface area contributed by atoms with Crippen LogP contribution >= 0.6 is 8.53 Å². The molecule has 13 heavy (non-hydrogen) atoms. The molecule has 3 rings (SSSR count). The van der Waals surface area contributed by atoms with E-state index < -0.39 is 8.53 Å². The van der Waals surface area contributed by atoms with E-state index in [0.717, 1.165) is 12.2 Å². The van der Waals surface area contributed by atoms with Gasteiger partial charge in [0.15, 0.2) is 0 Å². The fourth-order valence-corrected chi connectivity index (χ4v) is 3.16. The quantitative estimate of drug-likeness (QED) is 0.641. The van der Waals surface area contributed by atoms with E-state index in [1.165, 1.54) is 5.56 Å². The third kappa shape index (κ3) is 1.01. The number of benzene rings is 1. The molecule has 1 saturated heterocycles. The lowest BCUT2D eigenvalue weighted by Crippen LogP contribution is -2.24. The van der Waals surface area contributed by atoms with Gasteiger partial charge in [0.2, 0.25) is 0 Å². The Hall–Kier alpha value is -0.630. The van der Waals surface area contributed by atoms with Gasteiger partial charge in [-0.05, 0) is 11.6 Å². The highest BCUT2D eigenvalue weighted by Gasteiger charge is 2.38. The lowest BCUT2D eigenvalue weighted by Gasteiger charge is -2.28. The fourth-order valence-electron chi connectivity index (χ4n) is 2.00. The van der Waals surface area contributed by atoms with Crippen LogP contribution in [0.3, 0.4) is 0 Å². The van der Waals surface area contributed by atoms with Crippen LogP contribution in [0.1, 0.15) is 11.5 Å². The molecule has 0 saturated carbocycles. The second-order valence-electron chi connectivity index (χ2n) is 3.39. The van der Waals surface area contributed by atoms with E-state index in [0.29, 0.717) is 12.5 Å². The van der Waals surface area contributed by atoms with Gasteiger partial charge in [0.1, 0.15) is 0 Å². The SMILES string of the molecule is OP1OCC2CN1c1ccccc12. The van der Waals surface area contributed by atoms with Crippen LogP contribution in [0.25, 0.3) is 0 Å². The summed E-state index contributed by atoms with van der Waals surface area (Å²) in [5.74, 6) is 0.460. The highest BCUT2D eigenvalue weighted by Crippen LogP contribution is 2.53. The molecule has 2 aliphatic rings. The lowest BCUT2D eigenvalue weighted by atomic mass is 10.0. The molecule has 4 heteroatoms. The molecule has 1 aromatic carbocycles. The topological polar surface area (TPSA) is 32.7 Å². The van der Waals surface area contributed by atoms with Crippen molar-refractivity contribution < 1.29 is 9.42 Å². The van der Waals surface area contributed by atoms with Gasteiger partial charge in [0.25, 0.3) is 8.53 Å². The van der Waals surface area contributed by atoms with E-state index in [1.807, 2.05) is 16.8 Å². The van der Waals surface area contributed by atoms with Crippen LogP contribution in [0.5, 0.6) is 0 Å². The summed E-state index contributed by atoms with van der Waals surface area (Å²) in [6.45, 7) is 1.58. The van der Waals surface area contributed by atoms with Gasteiger partial charge in [0.05, 0.1) is 6.61 Å². The van der Waals surface area contributed by atoms with Crippen molar-refractivity contribution in [1.29, 1.82) is 0 Å². The van der Waals surface area contributed by atoms with Crippen molar-refractivity contribution in [2.24, 2.45) is 0 Å². The summed E-state index contributed by atoms with van der Waals surface area (Å²) in [4.78, 5) is 9.61. The molecule has 3 nitrogen and oxygen atoms in total. The second-order valence-corrected chi connectivity index (χ2v) is 4.63. The Bertz CT molecular complexity index is 344. The maximum Gasteiger partial charge on any atom is 0.287 e. The van der Waals surface area contributed by atoms with Crippen LogP contribution in [0, 0.1) is 0 Å². The van der Waals surface area contributed by atoms with Crippen molar-refractivity contribution in [2.45, 2.75) is 5.92 Å². The first-order valence-corrected chi connectivity index (χ1v) is 5.51. The molecule has 2 atom stereocenters. The van der Waals surface area contributed by atoms with Crippen molar-refractivity contribution in [1.82, 2.24) is 0 Å². The Kier molecular flexibility index (Phi) is 1.59. The van der Waals surface area contributed by atoms with Crippen molar-refractivity contribution >= 4 is 14.2 Å². The van der Waals surface area contributed by atoms with Crippen molar-refractivity contribution in [2.75, 3.05) is 17.8 Å². The molecule has 0 amide bonds. The molecular weight excluding hydrogens is 185 g/mol. The van der Waals surface area contributed by atoms with Crippen LogP contribution in [-0.4, -0.2) is 18.0 Å². The molecule has 1 aromatic rings. The predicted molar refractivity (Wildman–Crippen MR) is 51.6 cm³/mol. The maximum atomic E-state index is 9.61. The maximum absolute atomic E-state index is 9.61. The summed E-state index contributed by atoms with van der Waals surface area (Å²) in [6.07, 6.45) is 0. The first-order valence-electron chi connectivity index (χ1n) is 4.34. The Labute approximate surface area is 77.9 Å². The minimum atomic E-state index is -1.37. The second kappa shape index (κ2) is 2.68. The van der Waals surface area contributed by atoms with Gasteiger partial charge in [-0.25, -0.2) is 0 Å². The number of hydrogen-bond donors (Lipinski definition) is 1. The van der Waals surface area contributed by atoms with E-state index in [9.17, 15) is 4.89 Å². The number of anilines is 1. The summed E-state index contributed by atoms with van der Waals surface area (Å²) in [5.41, 5.74) is 2.47. The number of para-hydroxylation sites is 1. The fraction of sp³-hybridized carbons (Fsp3) is 0.333. The summed E-state index contributed by atoms with van der Waals surface area (Å²) in [7, 11) is -1.37. The van der Waals surface area contributed by atoms with Crippen LogP contribution in [0.15, 0.2) is 24.3 Å². The van der Waals surface area contributed by atoms with Crippen molar-refractivity contribution in [3.05, 3.63) is 29.8 Å².